The minimum Gasteiger partial charge on any atom is -0.491 e. The highest BCUT2D eigenvalue weighted by atomic mass is 19.2. The van der Waals surface area contributed by atoms with Crippen molar-refractivity contribution >= 4 is 0 Å². The van der Waals surface area contributed by atoms with Crippen molar-refractivity contribution in [2.45, 2.75) is 84.0 Å². The van der Waals surface area contributed by atoms with Crippen molar-refractivity contribution in [1.82, 2.24) is 0 Å². The van der Waals surface area contributed by atoms with E-state index in [1.807, 2.05) is 0 Å². The predicted octanol–water partition coefficient (Wildman–Crippen LogP) is 8.21. The molecule has 0 aromatic heterocycles. The molecule has 2 aliphatic carbocycles. The van der Waals surface area contributed by atoms with E-state index in [9.17, 15) is 13.2 Å². The summed E-state index contributed by atoms with van der Waals surface area (Å²) in [6.45, 7) is 1.88. The maximum absolute atomic E-state index is 14.3. The number of ether oxygens (including phenoxy) is 1. The molecule has 0 spiro atoms. The molecule has 0 amide bonds. The molecule has 1 aromatic rings. The Morgan fingerprint density at radius 3 is 2.26 bits per heavy atom. The van der Waals surface area contributed by atoms with Crippen LogP contribution in [0.3, 0.4) is 0 Å². The number of benzene rings is 1. The van der Waals surface area contributed by atoms with E-state index in [1.54, 1.807) is 19.1 Å². The lowest BCUT2D eigenvalue weighted by Gasteiger charge is -2.37. The smallest absolute Gasteiger partial charge is 0.200 e. The van der Waals surface area contributed by atoms with Gasteiger partial charge in [0, 0.05) is 0 Å². The van der Waals surface area contributed by atoms with Crippen LogP contribution in [-0.4, -0.2) is 13.3 Å². The number of aryl methyl sites for hydroxylation is 1. The Labute approximate surface area is 186 Å². The van der Waals surface area contributed by atoms with Crippen LogP contribution in [0.1, 0.15) is 83.1 Å². The van der Waals surface area contributed by atoms with Gasteiger partial charge in [0.05, 0.1) is 13.3 Å². The molecule has 4 heteroatoms. The molecule has 0 atom stereocenters. The summed E-state index contributed by atoms with van der Waals surface area (Å²) in [4.78, 5) is 0. The summed E-state index contributed by atoms with van der Waals surface area (Å²) in [5.74, 6) is 1.43. The molecule has 174 valence electrons. The molecule has 3 rings (SSSR count). The molecule has 1 nitrogen and oxygen atoms in total. The second-order valence-electron chi connectivity index (χ2n) is 9.54. The molecule has 1 aromatic carbocycles. The van der Waals surface area contributed by atoms with Crippen molar-refractivity contribution in [3.05, 3.63) is 41.5 Å². The van der Waals surface area contributed by atoms with Crippen molar-refractivity contribution < 1.29 is 17.9 Å². The largest absolute Gasteiger partial charge is 0.491 e. The highest BCUT2D eigenvalue weighted by Crippen LogP contribution is 2.42. The Kier molecular flexibility index (Phi) is 9.80. The zero-order valence-electron chi connectivity index (χ0n) is 19.1. The Morgan fingerprint density at radius 1 is 0.935 bits per heavy atom. The van der Waals surface area contributed by atoms with Crippen LogP contribution in [0, 0.1) is 35.3 Å². The van der Waals surface area contributed by atoms with Gasteiger partial charge in [-0.15, -0.1) is 0 Å². The number of rotatable bonds is 10. The van der Waals surface area contributed by atoms with E-state index < -0.39 is 11.6 Å². The molecular formula is C27H39F3O. The Morgan fingerprint density at radius 2 is 1.61 bits per heavy atom. The van der Waals surface area contributed by atoms with Crippen molar-refractivity contribution in [2.75, 3.05) is 13.3 Å². The van der Waals surface area contributed by atoms with E-state index in [2.05, 4.69) is 12.2 Å². The minimum atomic E-state index is -0.851. The van der Waals surface area contributed by atoms with Gasteiger partial charge in [-0.1, -0.05) is 31.1 Å². The number of halogens is 3. The summed E-state index contributed by atoms with van der Waals surface area (Å²) < 4.78 is 45.7. The Hall–Kier alpha value is -1.45. The minimum absolute atomic E-state index is 0.00855. The van der Waals surface area contributed by atoms with Gasteiger partial charge in [-0.05, 0) is 106 Å². The molecular weight excluding hydrogens is 397 g/mol. The molecule has 2 saturated carbocycles. The number of unbranched alkanes of at least 4 members (excludes halogenated alkanes) is 1. The Balaban J connectivity index is 1.38. The normalized spacial score (nSPS) is 27.0. The fraction of sp³-hybridized carbons (Fsp3) is 0.704. The SMILES string of the molecule is CCOc1ccc(CCC2CCC(C3CCC(/C=C/CCCF)CC3)CC2)c(F)c1F. The quantitative estimate of drug-likeness (QED) is 0.265. The van der Waals surface area contributed by atoms with Crippen LogP contribution < -0.4 is 4.74 Å². The van der Waals surface area contributed by atoms with Crippen molar-refractivity contribution in [1.29, 1.82) is 0 Å². The first-order chi connectivity index (χ1) is 15.1. The van der Waals surface area contributed by atoms with Gasteiger partial charge >= 0.3 is 0 Å². The van der Waals surface area contributed by atoms with Gasteiger partial charge in [0.15, 0.2) is 11.6 Å². The summed E-state index contributed by atoms with van der Waals surface area (Å²) in [6.07, 6.45) is 17.8. The highest BCUT2D eigenvalue weighted by Gasteiger charge is 2.30. The molecule has 31 heavy (non-hydrogen) atoms. The second-order valence-corrected chi connectivity index (χ2v) is 9.54. The van der Waals surface area contributed by atoms with Crippen LogP contribution in [0.15, 0.2) is 24.3 Å². The summed E-state index contributed by atoms with van der Waals surface area (Å²) in [6, 6.07) is 3.24. The van der Waals surface area contributed by atoms with Gasteiger partial charge in [-0.3, -0.25) is 4.39 Å². The predicted molar refractivity (Wildman–Crippen MR) is 121 cm³/mol. The average molecular weight is 437 g/mol. The highest BCUT2D eigenvalue weighted by molar-refractivity contribution is 5.31. The molecule has 0 heterocycles. The van der Waals surface area contributed by atoms with Crippen LogP contribution >= 0.6 is 0 Å². The number of allylic oxidation sites excluding steroid dienone is 2. The fourth-order valence-corrected chi connectivity index (χ4v) is 5.63. The van der Waals surface area contributed by atoms with Crippen molar-refractivity contribution in [3.8, 4) is 5.75 Å². The average Bonchev–Trinajstić information content (AvgIpc) is 2.80. The van der Waals surface area contributed by atoms with Gasteiger partial charge in [0.2, 0.25) is 5.82 Å². The maximum atomic E-state index is 14.3. The van der Waals surface area contributed by atoms with Crippen molar-refractivity contribution in [2.24, 2.45) is 23.7 Å². The van der Waals surface area contributed by atoms with E-state index in [4.69, 9.17) is 4.74 Å². The molecule has 2 fully saturated rings. The topological polar surface area (TPSA) is 9.23 Å². The third-order valence-corrected chi connectivity index (χ3v) is 7.54. The first-order valence-electron chi connectivity index (χ1n) is 12.4. The number of hydrogen-bond acceptors (Lipinski definition) is 1. The van der Waals surface area contributed by atoms with E-state index in [0.717, 1.165) is 24.7 Å². The van der Waals surface area contributed by atoms with Crippen LogP contribution in [0.5, 0.6) is 5.75 Å². The van der Waals surface area contributed by atoms with Crippen molar-refractivity contribution in [3.63, 3.8) is 0 Å². The van der Waals surface area contributed by atoms with Crippen LogP contribution in [0.4, 0.5) is 13.2 Å². The molecule has 0 unspecified atom stereocenters. The van der Waals surface area contributed by atoms with Gasteiger partial charge in [0.25, 0.3) is 0 Å². The van der Waals surface area contributed by atoms with E-state index in [0.29, 0.717) is 36.8 Å². The number of alkyl halides is 1. The standard InChI is InChI=1S/C27H39F3O/c1-2-31-25-18-17-24(26(29)27(25)30)16-11-21-9-14-23(15-10-21)22-12-7-20(8-13-22)6-4-3-5-19-28/h4,6,17-18,20-23H,2-3,5,7-16,19H2,1H3/b6-4+. The third-order valence-electron chi connectivity index (χ3n) is 7.54. The van der Waals surface area contributed by atoms with Gasteiger partial charge < -0.3 is 4.74 Å². The molecule has 0 N–H and O–H groups in total. The zero-order chi connectivity index (χ0) is 22.1. The maximum Gasteiger partial charge on any atom is 0.200 e. The summed E-state index contributed by atoms with van der Waals surface area (Å²) in [7, 11) is 0. The monoisotopic (exact) mass is 436 g/mol. The lowest BCUT2D eigenvalue weighted by Crippen LogP contribution is -2.25. The summed E-state index contributed by atoms with van der Waals surface area (Å²) in [5.41, 5.74) is 0.473. The molecule has 0 saturated heterocycles. The van der Waals surface area contributed by atoms with Crippen LogP contribution in [0.25, 0.3) is 0 Å². The summed E-state index contributed by atoms with van der Waals surface area (Å²) >= 11 is 0. The van der Waals surface area contributed by atoms with Crippen LogP contribution in [0.2, 0.25) is 0 Å². The fourth-order valence-electron chi connectivity index (χ4n) is 5.63. The van der Waals surface area contributed by atoms with E-state index >= 15 is 0 Å². The Bertz CT molecular complexity index is 686. The van der Waals surface area contributed by atoms with Crippen LogP contribution in [-0.2, 0) is 6.42 Å². The second kappa shape index (κ2) is 12.6. The molecule has 2 aliphatic rings. The number of hydrogen-bond donors (Lipinski definition) is 0. The lowest BCUT2D eigenvalue weighted by molar-refractivity contribution is 0.152. The van der Waals surface area contributed by atoms with E-state index in [1.165, 1.54) is 51.4 Å². The molecule has 0 aliphatic heterocycles. The van der Waals surface area contributed by atoms with Gasteiger partial charge in [0.1, 0.15) is 0 Å². The van der Waals surface area contributed by atoms with E-state index in [-0.39, 0.29) is 12.4 Å². The molecule has 0 radical (unpaired) electrons. The third kappa shape index (κ3) is 7.02. The first-order valence-corrected chi connectivity index (χ1v) is 12.4. The lowest BCUT2D eigenvalue weighted by atomic mass is 9.68. The zero-order valence-corrected chi connectivity index (χ0v) is 19.1. The first kappa shape index (κ1) is 24.2. The molecule has 0 bridgehead atoms. The summed E-state index contributed by atoms with van der Waals surface area (Å²) in [5, 5.41) is 0. The van der Waals surface area contributed by atoms with Gasteiger partial charge in [-0.25, -0.2) is 4.39 Å². The van der Waals surface area contributed by atoms with Gasteiger partial charge in [-0.2, -0.15) is 4.39 Å².